The number of β-lactam (4-membered cyclic amide) rings is 1. The van der Waals surface area contributed by atoms with Crippen molar-refractivity contribution >= 4 is 35.5 Å². The number of benzene rings is 1. The first-order chi connectivity index (χ1) is 12.3. The van der Waals surface area contributed by atoms with Gasteiger partial charge in [-0.15, -0.1) is 11.8 Å². The number of imide groups is 1. The maximum atomic E-state index is 12.8. The number of aliphatic hydroxyl groups is 1. The lowest BCUT2D eigenvalue weighted by molar-refractivity contribution is -0.178. The SMILES string of the molecule is COC(=O)C1N2C(=O)C(N3C(=O)c4ccccc4C3=O)[C@H]2SC[C@@]1(C)O. The second-order valence-electron chi connectivity index (χ2n) is 6.70. The second kappa shape index (κ2) is 5.55. The topological polar surface area (TPSA) is 104 Å². The van der Waals surface area contributed by atoms with Crippen molar-refractivity contribution in [3.05, 3.63) is 35.4 Å². The minimum Gasteiger partial charge on any atom is -0.467 e. The summed E-state index contributed by atoms with van der Waals surface area (Å²) in [6.07, 6.45) is 0. The minimum absolute atomic E-state index is 0.168. The lowest BCUT2D eigenvalue weighted by atomic mass is 9.90. The van der Waals surface area contributed by atoms with Crippen LogP contribution in [0.4, 0.5) is 0 Å². The van der Waals surface area contributed by atoms with Crippen LogP contribution in [0.25, 0.3) is 0 Å². The molecule has 0 radical (unpaired) electrons. The summed E-state index contributed by atoms with van der Waals surface area (Å²) in [5.74, 6) is -2.14. The summed E-state index contributed by atoms with van der Waals surface area (Å²) in [7, 11) is 1.18. The predicted octanol–water partition coefficient (Wildman–Crippen LogP) is -0.141. The van der Waals surface area contributed by atoms with Crippen LogP contribution in [0, 0.1) is 0 Å². The number of methoxy groups -OCH3 is 1. The van der Waals surface area contributed by atoms with Gasteiger partial charge < -0.3 is 14.7 Å². The fourth-order valence-electron chi connectivity index (χ4n) is 3.73. The molecule has 0 spiro atoms. The third kappa shape index (κ3) is 2.07. The molecular weight excluding hydrogens is 360 g/mol. The molecule has 2 saturated heterocycles. The van der Waals surface area contributed by atoms with Crippen molar-refractivity contribution in [3.8, 4) is 0 Å². The van der Waals surface area contributed by atoms with Gasteiger partial charge in [-0.25, -0.2) is 4.79 Å². The number of amides is 3. The molecule has 1 aromatic carbocycles. The zero-order valence-corrected chi connectivity index (χ0v) is 14.9. The van der Waals surface area contributed by atoms with Crippen molar-refractivity contribution in [1.82, 2.24) is 9.80 Å². The van der Waals surface area contributed by atoms with E-state index in [9.17, 15) is 24.3 Å². The van der Waals surface area contributed by atoms with E-state index in [2.05, 4.69) is 0 Å². The largest absolute Gasteiger partial charge is 0.467 e. The summed E-state index contributed by atoms with van der Waals surface area (Å²) in [5, 5.41) is 9.92. The number of esters is 1. The number of hydrogen-bond acceptors (Lipinski definition) is 7. The van der Waals surface area contributed by atoms with E-state index in [0.717, 1.165) is 4.90 Å². The van der Waals surface area contributed by atoms with E-state index in [1.54, 1.807) is 24.3 Å². The van der Waals surface area contributed by atoms with Crippen LogP contribution in [0.1, 0.15) is 27.6 Å². The quantitative estimate of drug-likeness (QED) is 0.435. The third-order valence-electron chi connectivity index (χ3n) is 4.99. The molecule has 1 N–H and O–H groups in total. The van der Waals surface area contributed by atoms with Crippen molar-refractivity contribution in [2.24, 2.45) is 0 Å². The first-order valence-electron chi connectivity index (χ1n) is 8.00. The number of fused-ring (bicyclic) bond motifs is 2. The lowest BCUT2D eigenvalue weighted by Crippen LogP contribution is -2.79. The molecule has 1 aromatic rings. The van der Waals surface area contributed by atoms with E-state index >= 15 is 0 Å². The molecule has 136 valence electrons. The molecule has 3 heterocycles. The zero-order valence-electron chi connectivity index (χ0n) is 14.0. The first kappa shape index (κ1) is 17.0. The number of hydrogen-bond donors (Lipinski definition) is 1. The highest BCUT2D eigenvalue weighted by atomic mass is 32.2. The van der Waals surface area contributed by atoms with Gasteiger partial charge in [-0.1, -0.05) is 12.1 Å². The molecule has 4 rings (SSSR count). The standard InChI is InChI=1S/C17H16N2O6S/c1-17(24)7-26-15-10(14(22)19(15)11(17)16(23)25-2)18-12(20)8-5-3-4-6-9(8)13(18)21/h3-6,10-11,15,24H,7H2,1-2H3/t10?,11?,15-,17-/m1/s1. The van der Waals surface area contributed by atoms with Crippen molar-refractivity contribution in [1.29, 1.82) is 0 Å². The van der Waals surface area contributed by atoms with Crippen LogP contribution in [0.3, 0.4) is 0 Å². The fourth-order valence-corrected chi connectivity index (χ4v) is 5.20. The number of rotatable bonds is 2. The Morgan fingerprint density at radius 2 is 1.81 bits per heavy atom. The highest BCUT2D eigenvalue weighted by molar-refractivity contribution is 8.00. The van der Waals surface area contributed by atoms with E-state index in [4.69, 9.17) is 4.74 Å². The molecule has 0 bridgehead atoms. The maximum Gasteiger partial charge on any atom is 0.331 e. The normalized spacial score (nSPS) is 32.9. The molecule has 0 aliphatic carbocycles. The minimum atomic E-state index is -1.46. The molecule has 26 heavy (non-hydrogen) atoms. The van der Waals surface area contributed by atoms with Crippen LogP contribution >= 0.6 is 11.8 Å². The molecule has 0 saturated carbocycles. The molecule has 8 nitrogen and oxygen atoms in total. The number of carbonyl (C=O) groups is 4. The van der Waals surface area contributed by atoms with E-state index in [1.165, 1.54) is 30.7 Å². The Hall–Kier alpha value is -2.39. The van der Waals surface area contributed by atoms with Crippen LogP contribution in [0.5, 0.6) is 0 Å². The van der Waals surface area contributed by atoms with Crippen molar-refractivity contribution in [2.75, 3.05) is 12.9 Å². The highest BCUT2D eigenvalue weighted by Crippen LogP contribution is 2.45. The molecule has 0 aromatic heterocycles. The monoisotopic (exact) mass is 376 g/mol. The van der Waals surface area contributed by atoms with Gasteiger partial charge in [-0.2, -0.15) is 0 Å². The van der Waals surface area contributed by atoms with Gasteiger partial charge in [0.1, 0.15) is 17.0 Å². The average molecular weight is 376 g/mol. The molecule has 4 atom stereocenters. The van der Waals surface area contributed by atoms with E-state index in [0.29, 0.717) is 0 Å². The first-order valence-corrected chi connectivity index (χ1v) is 9.05. The molecule has 3 aliphatic heterocycles. The van der Waals surface area contributed by atoms with Gasteiger partial charge in [0.05, 0.1) is 18.2 Å². The Labute approximate surface area is 153 Å². The van der Waals surface area contributed by atoms with Crippen molar-refractivity contribution in [2.45, 2.75) is 30.0 Å². The van der Waals surface area contributed by atoms with Crippen LogP contribution in [-0.4, -0.2) is 74.5 Å². The van der Waals surface area contributed by atoms with Gasteiger partial charge in [0, 0.05) is 5.75 Å². The molecule has 3 amide bonds. The zero-order chi connectivity index (χ0) is 18.8. The predicted molar refractivity (Wildman–Crippen MR) is 90.2 cm³/mol. The van der Waals surface area contributed by atoms with E-state index in [1.807, 2.05) is 0 Å². The van der Waals surface area contributed by atoms with Gasteiger partial charge in [0.15, 0.2) is 6.04 Å². The van der Waals surface area contributed by atoms with E-state index < -0.39 is 46.7 Å². The van der Waals surface area contributed by atoms with Gasteiger partial charge in [0.2, 0.25) is 0 Å². The van der Waals surface area contributed by atoms with Gasteiger partial charge in [-0.3, -0.25) is 19.3 Å². The smallest absolute Gasteiger partial charge is 0.331 e. The summed E-state index contributed by atoms with van der Waals surface area (Å²) in [5.41, 5.74) is -0.932. The van der Waals surface area contributed by atoms with E-state index in [-0.39, 0.29) is 16.9 Å². The Bertz CT molecular complexity index is 818. The Morgan fingerprint density at radius 3 is 2.35 bits per heavy atom. The lowest BCUT2D eigenvalue weighted by Gasteiger charge is -2.57. The van der Waals surface area contributed by atoms with Crippen molar-refractivity contribution < 1.29 is 29.0 Å². The second-order valence-corrected chi connectivity index (χ2v) is 7.81. The van der Waals surface area contributed by atoms with Gasteiger partial charge in [0.25, 0.3) is 17.7 Å². The Balaban J connectivity index is 1.66. The summed E-state index contributed by atoms with van der Waals surface area (Å²) >= 11 is 1.23. The van der Waals surface area contributed by atoms with Gasteiger partial charge in [-0.05, 0) is 19.1 Å². The van der Waals surface area contributed by atoms with Gasteiger partial charge >= 0.3 is 5.97 Å². The number of carbonyl (C=O) groups excluding carboxylic acids is 4. The Kier molecular flexibility index (Phi) is 3.64. The average Bonchev–Trinajstić information content (AvgIpc) is 2.86. The molecule has 3 aliphatic rings. The summed E-state index contributed by atoms with van der Waals surface area (Å²) in [4.78, 5) is 52.4. The molecular formula is C17H16N2O6S. The highest BCUT2D eigenvalue weighted by Gasteiger charge is 2.65. The Morgan fingerprint density at radius 1 is 1.23 bits per heavy atom. The molecule has 2 fully saturated rings. The fraction of sp³-hybridized carbons (Fsp3) is 0.412. The maximum absolute atomic E-state index is 12.8. The van der Waals surface area contributed by atoms with Crippen LogP contribution < -0.4 is 0 Å². The number of thioether (sulfide) groups is 1. The summed E-state index contributed by atoms with van der Waals surface area (Å²) in [6.45, 7) is 1.46. The van der Waals surface area contributed by atoms with Crippen LogP contribution in [-0.2, 0) is 14.3 Å². The third-order valence-corrected chi connectivity index (χ3v) is 6.57. The molecule has 2 unspecified atom stereocenters. The number of nitrogens with zero attached hydrogens (tertiary/aromatic N) is 2. The summed E-state index contributed by atoms with van der Waals surface area (Å²) < 4.78 is 4.73. The van der Waals surface area contributed by atoms with Crippen molar-refractivity contribution in [3.63, 3.8) is 0 Å². The number of ether oxygens (including phenoxy) is 1. The molecule has 9 heteroatoms. The van der Waals surface area contributed by atoms with Crippen LogP contribution in [0.2, 0.25) is 0 Å². The van der Waals surface area contributed by atoms with Crippen LogP contribution in [0.15, 0.2) is 24.3 Å². The summed E-state index contributed by atoms with van der Waals surface area (Å²) in [6, 6.07) is 4.25.